The maximum absolute atomic E-state index is 6.18. The zero-order chi connectivity index (χ0) is 13.4. The molecule has 19 heavy (non-hydrogen) atoms. The molecule has 0 amide bonds. The summed E-state index contributed by atoms with van der Waals surface area (Å²) in [7, 11) is 0. The standard InChI is InChI=1S/C14H18ClN3S/c15-11-2-1-3-12(13(11)14(16)19)17-9-6-7-18(8-9)10-4-5-10/h1-3,9-10,17H,4-8H2,(H2,16,19). The molecule has 1 heterocycles. The lowest BCUT2D eigenvalue weighted by Gasteiger charge is -2.19. The van der Waals surface area contributed by atoms with Crippen LogP contribution in [0.4, 0.5) is 5.69 Å². The Balaban J connectivity index is 1.73. The summed E-state index contributed by atoms with van der Waals surface area (Å²) >= 11 is 11.3. The minimum atomic E-state index is 0.352. The van der Waals surface area contributed by atoms with E-state index in [-0.39, 0.29) is 0 Å². The number of halogens is 1. The lowest BCUT2D eigenvalue weighted by atomic mass is 10.1. The van der Waals surface area contributed by atoms with Crippen molar-refractivity contribution in [3.8, 4) is 0 Å². The number of benzene rings is 1. The summed E-state index contributed by atoms with van der Waals surface area (Å²) in [6, 6.07) is 7.06. The van der Waals surface area contributed by atoms with E-state index in [9.17, 15) is 0 Å². The van der Waals surface area contributed by atoms with Crippen LogP contribution < -0.4 is 11.1 Å². The van der Waals surface area contributed by atoms with E-state index >= 15 is 0 Å². The van der Waals surface area contributed by atoms with Gasteiger partial charge in [-0.2, -0.15) is 0 Å². The molecule has 1 atom stereocenters. The molecule has 3 nitrogen and oxygen atoms in total. The van der Waals surface area contributed by atoms with Crippen LogP contribution in [0.2, 0.25) is 5.02 Å². The monoisotopic (exact) mass is 295 g/mol. The van der Waals surface area contributed by atoms with Crippen LogP contribution in [0.3, 0.4) is 0 Å². The average molecular weight is 296 g/mol. The van der Waals surface area contributed by atoms with Crippen molar-refractivity contribution in [1.82, 2.24) is 4.90 Å². The van der Waals surface area contributed by atoms with Gasteiger partial charge in [-0.05, 0) is 31.4 Å². The van der Waals surface area contributed by atoms with Crippen molar-refractivity contribution in [2.45, 2.75) is 31.3 Å². The second-order valence-electron chi connectivity index (χ2n) is 5.38. The van der Waals surface area contributed by atoms with Gasteiger partial charge >= 0.3 is 0 Å². The Morgan fingerprint density at radius 2 is 2.16 bits per heavy atom. The van der Waals surface area contributed by atoms with E-state index in [0.29, 0.717) is 16.1 Å². The highest BCUT2D eigenvalue weighted by atomic mass is 35.5. The van der Waals surface area contributed by atoms with Gasteiger partial charge in [-0.25, -0.2) is 0 Å². The molecule has 1 unspecified atom stereocenters. The topological polar surface area (TPSA) is 41.3 Å². The minimum Gasteiger partial charge on any atom is -0.389 e. The highest BCUT2D eigenvalue weighted by molar-refractivity contribution is 7.80. The number of thiocarbonyl (C=S) groups is 1. The predicted molar refractivity (Wildman–Crippen MR) is 84.0 cm³/mol. The first-order valence-corrected chi connectivity index (χ1v) is 7.52. The highest BCUT2D eigenvalue weighted by Gasteiger charge is 2.34. The van der Waals surface area contributed by atoms with E-state index in [1.807, 2.05) is 18.2 Å². The van der Waals surface area contributed by atoms with Crippen molar-refractivity contribution in [3.05, 3.63) is 28.8 Å². The smallest absolute Gasteiger partial charge is 0.107 e. The molecule has 1 saturated heterocycles. The van der Waals surface area contributed by atoms with E-state index in [1.165, 1.54) is 25.8 Å². The lowest BCUT2D eigenvalue weighted by Crippen LogP contribution is -2.28. The van der Waals surface area contributed by atoms with Crippen molar-refractivity contribution in [1.29, 1.82) is 0 Å². The fraction of sp³-hybridized carbons (Fsp3) is 0.500. The summed E-state index contributed by atoms with van der Waals surface area (Å²) in [5.41, 5.74) is 7.50. The number of nitrogens with zero attached hydrogens (tertiary/aromatic N) is 1. The molecule has 1 aromatic rings. The molecule has 3 rings (SSSR count). The van der Waals surface area contributed by atoms with Crippen LogP contribution in [0.5, 0.6) is 0 Å². The summed E-state index contributed by atoms with van der Waals surface area (Å²) < 4.78 is 0. The summed E-state index contributed by atoms with van der Waals surface area (Å²) in [6.07, 6.45) is 3.89. The van der Waals surface area contributed by atoms with Gasteiger partial charge in [0.15, 0.2) is 0 Å². The van der Waals surface area contributed by atoms with Gasteiger partial charge in [0.05, 0.1) is 10.6 Å². The molecular formula is C14H18ClN3S. The van der Waals surface area contributed by atoms with Crippen molar-refractivity contribution < 1.29 is 0 Å². The number of anilines is 1. The van der Waals surface area contributed by atoms with Crippen LogP contribution >= 0.6 is 23.8 Å². The normalized spacial score (nSPS) is 23.5. The SMILES string of the molecule is NC(=S)c1c(Cl)cccc1NC1CCN(C2CC2)C1. The molecule has 0 spiro atoms. The number of likely N-dealkylation sites (tertiary alicyclic amines) is 1. The molecule has 0 aromatic heterocycles. The van der Waals surface area contributed by atoms with Crippen molar-refractivity contribution in [2.75, 3.05) is 18.4 Å². The predicted octanol–water partition coefficient (Wildman–Crippen LogP) is 2.62. The summed E-state index contributed by atoms with van der Waals surface area (Å²) in [5, 5.41) is 4.17. The molecule has 2 aliphatic rings. The molecular weight excluding hydrogens is 278 g/mol. The molecule has 102 valence electrons. The van der Waals surface area contributed by atoms with Gasteiger partial charge in [0, 0.05) is 30.9 Å². The number of hydrogen-bond acceptors (Lipinski definition) is 3. The number of hydrogen-bond donors (Lipinski definition) is 2. The van der Waals surface area contributed by atoms with Gasteiger partial charge < -0.3 is 11.1 Å². The van der Waals surface area contributed by atoms with Gasteiger partial charge in [0.25, 0.3) is 0 Å². The van der Waals surface area contributed by atoms with Crippen LogP contribution in [-0.2, 0) is 0 Å². The fourth-order valence-electron chi connectivity index (χ4n) is 2.79. The molecule has 1 saturated carbocycles. The molecule has 1 aliphatic carbocycles. The van der Waals surface area contributed by atoms with E-state index in [2.05, 4.69) is 10.2 Å². The third-order valence-electron chi connectivity index (χ3n) is 3.90. The first kappa shape index (κ1) is 13.2. The number of nitrogens with one attached hydrogen (secondary N) is 1. The lowest BCUT2D eigenvalue weighted by molar-refractivity contribution is 0.326. The zero-order valence-corrected chi connectivity index (χ0v) is 12.3. The molecule has 3 N–H and O–H groups in total. The summed E-state index contributed by atoms with van der Waals surface area (Å²) in [4.78, 5) is 2.92. The Labute approximate surface area is 124 Å². The second kappa shape index (κ2) is 5.27. The third-order valence-corrected chi connectivity index (χ3v) is 4.42. The fourth-order valence-corrected chi connectivity index (χ4v) is 3.34. The Morgan fingerprint density at radius 1 is 1.37 bits per heavy atom. The largest absolute Gasteiger partial charge is 0.389 e. The van der Waals surface area contributed by atoms with Crippen LogP contribution in [0.15, 0.2) is 18.2 Å². The van der Waals surface area contributed by atoms with E-state index in [1.54, 1.807) is 0 Å². The van der Waals surface area contributed by atoms with Crippen molar-refractivity contribution >= 4 is 34.5 Å². The van der Waals surface area contributed by atoms with Gasteiger partial charge in [-0.3, -0.25) is 4.90 Å². The summed E-state index contributed by atoms with van der Waals surface area (Å²) in [6.45, 7) is 2.29. The van der Waals surface area contributed by atoms with Gasteiger partial charge in [-0.1, -0.05) is 29.9 Å². The third kappa shape index (κ3) is 2.86. The van der Waals surface area contributed by atoms with E-state index in [0.717, 1.165) is 23.8 Å². The highest BCUT2D eigenvalue weighted by Crippen LogP contribution is 2.31. The molecule has 2 fully saturated rings. The van der Waals surface area contributed by atoms with Crippen LogP contribution in [0.1, 0.15) is 24.8 Å². The quantitative estimate of drug-likeness (QED) is 0.838. The Kier molecular flexibility index (Phi) is 3.65. The van der Waals surface area contributed by atoms with Crippen LogP contribution in [0.25, 0.3) is 0 Å². The van der Waals surface area contributed by atoms with Gasteiger partial charge in [0.2, 0.25) is 0 Å². The van der Waals surface area contributed by atoms with Crippen LogP contribution in [0, 0.1) is 0 Å². The molecule has 1 aliphatic heterocycles. The van der Waals surface area contributed by atoms with Crippen molar-refractivity contribution in [2.24, 2.45) is 5.73 Å². The van der Waals surface area contributed by atoms with Crippen LogP contribution in [-0.4, -0.2) is 35.1 Å². The molecule has 5 heteroatoms. The summed E-state index contributed by atoms with van der Waals surface area (Å²) in [5.74, 6) is 0. The second-order valence-corrected chi connectivity index (χ2v) is 6.23. The van der Waals surface area contributed by atoms with Crippen molar-refractivity contribution in [3.63, 3.8) is 0 Å². The maximum Gasteiger partial charge on any atom is 0.107 e. The van der Waals surface area contributed by atoms with Gasteiger partial charge in [0.1, 0.15) is 4.99 Å². The number of rotatable bonds is 4. The molecule has 0 radical (unpaired) electrons. The minimum absolute atomic E-state index is 0.352. The van der Waals surface area contributed by atoms with Gasteiger partial charge in [-0.15, -0.1) is 0 Å². The number of nitrogens with two attached hydrogens (primary N) is 1. The maximum atomic E-state index is 6.18. The Hall–Kier alpha value is -0.840. The van der Waals surface area contributed by atoms with E-state index in [4.69, 9.17) is 29.6 Å². The van der Waals surface area contributed by atoms with E-state index < -0.39 is 0 Å². The Morgan fingerprint density at radius 3 is 2.84 bits per heavy atom. The first-order chi connectivity index (χ1) is 9.15. The molecule has 1 aromatic carbocycles. The molecule has 0 bridgehead atoms. The first-order valence-electron chi connectivity index (χ1n) is 6.74. The zero-order valence-electron chi connectivity index (χ0n) is 10.7. The Bertz CT molecular complexity index is 501. The average Bonchev–Trinajstić information content (AvgIpc) is 3.10.